The number of hydrogen-bond acceptors (Lipinski definition) is 3. The fourth-order valence-corrected chi connectivity index (χ4v) is 3.00. The number of nitrogens with one attached hydrogen (secondary N) is 1. The molecule has 0 aromatic heterocycles. The van der Waals surface area contributed by atoms with Crippen molar-refractivity contribution in [1.29, 1.82) is 0 Å². The zero-order chi connectivity index (χ0) is 20.9. The fraction of sp³-hybridized carbons (Fsp3) is 0.286. The van der Waals surface area contributed by atoms with Crippen LogP contribution in [0, 0.1) is 0 Å². The van der Waals surface area contributed by atoms with Crippen molar-refractivity contribution in [2.45, 2.75) is 12.6 Å². The number of urea groups is 1. The van der Waals surface area contributed by atoms with Crippen LogP contribution >= 0.6 is 0 Å². The van der Waals surface area contributed by atoms with Crippen LogP contribution in [0.4, 0.5) is 23.7 Å². The number of benzene rings is 2. The summed E-state index contributed by atoms with van der Waals surface area (Å²) in [5, 5.41) is 2.70. The van der Waals surface area contributed by atoms with Gasteiger partial charge in [-0.2, -0.15) is 13.2 Å². The lowest BCUT2D eigenvalue weighted by atomic mass is 10.00. The minimum atomic E-state index is -4.47. The maximum atomic E-state index is 12.5. The average molecular weight is 406 g/mol. The fourth-order valence-electron chi connectivity index (χ4n) is 3.00. The van der Waals surface area contributed by atoms with E-state index in [-0.39, 0.29) is 17.5 Å². The molecule has 0 unspecified atom stereocenters. The van der Waals surface area contributed by atoms with Gasteiger partial charge in [0.05, 0.1) is 7.11 Å². The summed E-state index contributed by atoms with van der Waals surface area (Å²) in [5.41, 5.74) is 2.64. The predicted molar refractivity (Wildman–Crippen MR) is 104 cm³/mol. The first-order valence-corrected chi connectivity index (χ1v) is 9.04. The van der Waals surface area contributed by atoms with Crippen LogP contribution in [0.3, 0.4) is 0 Å². The Hall–Kier alpha value is -3.16. The van der Waals surface area contributed by atoms with Crippen molar-refractivity contribution in [3.8, 4) is 11.5 Å². The molecule has 154 valence electrons. The van der Waals surface area contributed by atoms with Crippen LogP contribution in [-0.4, -0.2) is 43.9 Å². The first kappa shape index (κ1) is 20.6. The molecule has 2 aromatic carbocycles. The second kappa shape index (κ2) is 8.89. The van der Waals surface area contributed by atoms with Crippen LogP contribution in [0.15, 0.2) is 54.6 Å². The van der Waals surface area contributed by atoms with Crippen molar-refractivity contribution < 1.29 is 27.4 Å². The van der Waals surface area contributed by atoms with E-state index in [9.17, 15) is 18.0 Å². The number of amides is 2. The Morgan fingerprint density at radius 2 is 1.90 bits per heavy atom. The average Bonchev–Trinajstić information content (AvgIpc) is 2.72. The van der Waals surface area contributed by atoms with Gasteiger partial charge in [0.1, 0.15) is 0 Å². The molecule has 2 amide bonds. The molecule has 2 aromatic rings. The molecule has 0 aliphatic carbocycles. The van der Waals surface area contributed by atoms with Gasteiger partial charge in [0.25, 0.3) is 0 Å². The maximum Gasteiger partial charge on any atom is 0.422 e. The lowest BCUT2D eigenvalue weighted by Crippen LogP contribution is -2.37. The van der Waals surface area contributed by atoms with E-state index in [1.54, 1.807) is 11.0 Å². The number of carbonyl (C=O) groups excluding carboxylic acids is 1. The van der Waals surface area contributed by atoms with Crippen LogP contribution in [0.25, 0.3) is 5.57 Å². The number of hydrogen-bond donors (Lipinski definition) is 1. The quantitative estimate of drug-likeness (QED) is 0.764. The van der Waals surface area contributed by atoms with E-state index in [4.69, 9.17) is 9.47 Å². The smallest absolute Gasteiger partial charge is 0.422 e. The van der Waals surface area contributed by atoms with E-state index in [1.807, 2.05) is 36.4 Å². The van der Waals surface area contributed by atoms with Gasteiger partial charge < -0.3 is 19.7 Å². The third kappa shape index (κ3) is 5.66. The highest BCUT2D eigenvalue weighted by Crippen LogP contribution is 2.32. The zero-order valence-electron chi connectivity index (χ0n) is 15.8. The predicted octanol–water partition coefficient (Wildman–Crippen LogP) is 4.96. The van der Waals surface area contributed by atoms with Crippen molar-refractivity contribution in [2.75, 3.05) is 32.1 Å². The van der Waals surface area contributed by atoms with E-state index < -0.39 is 12.8 Å². The molecule has 0 saturated heterocycles. The van der Waals surface area contributed by atoms with E-state index >= 15 is 0 Å². The molecule has 29 heavy (non-hydrogen) atoms. The van der Waals surface area contributed by atoms with E-state index in [2.05, 4.69) is 5.32 Å². The summed E-state index contributed by atoms with van der Waals surface area (Å²) < 4.78 is 47.1. The Kier molecular flexibility index (Phi) is 6.31. The summed E-state index contributed by atoms with van der Waals surface area (Å²) in [7, 11) is 1.33. The molecule has 5 nitrogen and oxygen atoms in total. The topological polar surface area (TPSA) is 50.8 Å². The van der Waals surface area contributed by atoms with Crippen molar-refractivity contribution in [2.24, 2.45) is 0 Å². The van der Waals surface area contributed by atoms with Crippen LogP contribution in [0.2, 0.25) is 0 Å². The number of nitrogens with zero attached hydrogens (tertiary/aromatic N) is 1. The maximum absolute atomic E-state index is 12.5. The minimum absolute atomic E-state index is 0.0903. The molecule has 0 spiro atoms. The first-order chi connectivity index (χ1) is 13.9. The number of alkyl halides is 3. The highest BCUT2D eigenvalue weighted by molar-refractivity contribution is 5.90. The molecular formula is C21H21F3N2O3. The summed E-state index contributed by atoms with van der Waals surface area (Å²) in [6.07, 6.45) is -1.74. The monoisotopic (exact) mass is 406 g/mol. The Morgan fingerprint density at radius 3 is 2.52 bits per heavy atom. The van der Waals surface area contributed by atoms with Crippen LogP contribution in [-0.2, 0) is 0 Å². The molecule has 0 saturated carbocycles. The van der Waals surface area contributed by atoms with Crippen LogP contribution < -0.4 is 14.8 Å². The van der Waals surface area contributed by atoms with Crippen molar-refractivity contribution in [3.05, 3.63) is 60.2 Å². The molecule has 0 fully saturated rings. The van der Waals surface area contributed by atoms with Gasteiger partial charge in [-0.05, 0) is 29.7 Å². The number of anilines is 1. The van der Waals surface area contributed by atoms with Gasteiger partial charge in [-0.25, -0.2) is 4.79 Å². The largest absolute Gasteiger partial charge is 0.493 e. The molecule has 1 N–H and O–H groups in total. The Balaban J connectivity index is 1.64. The minimum Gasteiger partial charge on any atom is -0.493 e. The van der Waals surface area contributed by atoms with E-state index in [0.717, 1.165) is 12.0 Å². The normalized spacial score (nSPS) is 14.2. The Morgan fingerprint density at radius 1 is 1.14 bits per heavy atom. The van der Waals surface area contributed by atoms with Crippen molar-refractivity contribution >= 4 is 17.3 Å². The van der Waals surface area contributed by atoms with Gasteiger partial charge in [0.15, 0.2) is 18.1 Å². The molecule has 3 rings (SSSR count). The summed E-state index contributed by atoms with van der Waals surface area (Å²) in [6.45, 7) is -0.455. The molecule has 1 aliphatic rings. The molecule has 8 heteroatoms. The highest BCUT2D eigenvalue weighted by Gasteiger charge is 2.29. The standard InChI is InChI=1S/C21H21F3N2O3/c1-28-18-8-7-17(13-19(18)29-14-21(22,23)24)25-20(27)26-11-9-16(10-12-26)15-5-3-2-4-6-15/h2-9,13H,10-12,14H2,1H3,(H,25,27). The lowest BCUT2D eigenvalue weighted by molar-refractivity contribution is -0.153. The molecule has 0 atom stereocenters. The third-order valence-corrected chi connectivity index (χ3v) is 4.45. The van der Waals surface area contributed by atoms with Gasteiger partial charge in [-0.15, -0.1) is 0 Å². The second-order valence-electron chi connectivity index (χ2n) is 6.49. The van der Waals surface area contributed by atoms with Gasteiger partial charge in [0.2, 0.25) is 0 Å². The number of rotatable bonds is 5. The zero-order valence-corrected chi connectivity index (χ0v) is 15.8. The summed E-state index contributed by atoms with van der Waals surface area (Å²) in [6, 6.07) is 13.9. The number of ether oxygens (including phenoxy) is 2. The second-order valence-corrected chi connectivity index (χ2v) is 6.49. The molecule has 0 bridgehead atoms. The van der Waals surface area contributed by atoms with Crippen molar-refractivity contribution in [3.63, 3.8) is 0 Å². The van der Waals surface area contributed by atoms with Gasteiger partial charge in [-0.3, -0.25) is 0 Å². The Bertz CT molecular complexity index is 882. The van der Waals surface area contributed by atoms with Crippen LogP contribution in [0.1, 0.15) is 12.0 Å². The molecule has 1 aliphatic heterocycles. The van der Waals surface area contributed by atoms with E-state index in [0.29, 0.717) is 18.8 Å². The summed E-state index contributed by atoms with van der Waals surface area (Å²) >= 11 is 0. The van der Waals surface area contributed by atoms with Gasteiger partial charge >= 0.3 is 12.2 Å². The summed E-state index contributed by atoms with van der Waals surface area (Å²) in [5.74, 6) is 0.0631. The van der Waals surface area contributed by atoms with Crippen LogP contribution in [0.5, 0.6) is 11.5 Å². The molecule has 0 radical (unpaired) electrons. The highest BCUT2D eigenvalue weighted by atomic mass is 19.4. The van der Waals surface area contributed by atoms with Gasteiger partial charge in [0, 0.05) is 24.8 Å². The summed E-state index contributed by atoms with van der Waals surface area (Å²) in [4.78, 5) is 14.2. The number of halogens is 3. The van der Waals surface area contributed by atoms with E-state index in [1.165, 1.54) is 24.8 Å². The Labute approximate surface area is 166 Å². The first-order valence-electron chi connectivity index (χ1n) is 9.04. The molecule has 1 heterocycles. The SMILES string of the molecule is COc1ccc(NC(=O)N2CC=C(c3ccccc3)CC2)cc1OCC(F)(F)F. The van der Waals surface area contributed by atoms with Crippen molar-refractivity contribution in [1.82, 2.24) is 4.90 Å². The van der Waals surface area contributed by atoms with Gasteiger partial charge in [-0.1, -0.05) is 36.4 Å². The number of carbonyl (C=O) groups is 1. The molecular weight excluding hydrogens is 385 g/mol. The lowest BCUT2D eigenvalue weighted by Gasteiger charge is -2.27. The number of methoxy groups -OCH3 is 1. The third-order valence-electron chi connectivity index (χ3n) is 4.45.